The van der Waals surface area contributed by atoms with Gasteiger partial charge < -0.3 is 9.88 Å². The van der Waals surface area contributed by atoms with Crippen molar-refractivity contribution in [2.45, 2.75) is 19.9 Å². The predicted octanol–water partition coefficient (Wildman–Crippen LogP) is 2.39. The first kappa shape index (κ1) is 10.3. The fraction of sp³-hybridized carbons (Fsp3) is 0.308. The molecule has 1 N–H and O–H groups in total. The minimum atomic E-state index is -0.258. The van der Waals surface area contributed by atoms with Gasteiger partial charge in [-0.05, 0) is 37.6 Å². The molecule has 0 saturated heterocycles. The monoisotopic (exact) mass is 232 g/mol. The number of fused-ring (bicyclic) bond motifs is 3. The summed E-state index contributed by atoms with van der Waals surface area (Å²) in [6.07, 6.45) is 0. The van der Waals surface area contributed by atoms with Crippen molar-refractivity contribution in [3.63, 3.8) is 0 Å². The number of amides is 1. The van der Waals surface area contributed by atoms with Gasteiger partial charge in [0.15, 0.2) is 0 Å². The van der Waals surface area contributed by atoms with Gasteiger partial charge in [-0.1, -0.05) is 0 Å². The third-order valence-corrected chi connectivity index (χ3v) is 3.32. The smallest absolute Gasteiger partial charge is 0.268 e. The molecule has 1 aromatic carbocycles. The standard InChI is InChI=1S/C13H13FN2O/c1-7-3-10(14)4-9-5-11-13(17)15-6-8(2)16(11)12(7)9/h3-5,8H,6H2,1-2H3,(H,15,17)/t8-/m1/s1. The third-order valence-electron chi connectivity index (χ3n) is 3.32. The SMILES string of the molecule is Cc1cc(F)cc2cc3n(c12)[C@H](C)CNC3=O. The van der Waals surface area contributed by atoms with E-state index in [1.165, 1.54) is 12.1 Å². The van der Waals surface area contributed by atoms with E-state index in [1.54, 1.807) is 6.07 Å². The number of nitrogens with zero attached hydrogens (tertiary/aromatic N) is 1. The number of carbonyl (C=O) groups is 1. The van der Waals surface area contributed by atoms with Gasteiger partial charge in [0.1, 0.15) is 11.5 Å². The molecule has 1 atom stereocenters. The molecular weight excluding hydrogens is 219 g/mol. The summed E-state index contributed by atoms with van der Waals surface area (Å²) in [6, 6.07) is 4.95. The minimum Gasteiger partial charge on any atom is -0.349 e. The molecule has 1 aliphatic heterocycles. The molecular formula is C13H13FN2O. The van der Waals surface area contributed by atoms with Crippen molar-refractivity contribution in [1.82, 2.24) is 9.88 Å². The second-order valence-corrected chi connectivity index (χ2v) is 4.62. The van der Waals surface area contributed by atoms with E-state index in [1.807, 2.05) is 18.4 Å². The molecule has 3 nitrogen and oxygen atoms in total. The molecule has 0 fully saturated rings. The zero-order valence-electron chi connectivity index (χ0n) is 9.75. The highest BCUT2D eigenvalue weighted by atomic mass is 19.1. The lowest BCUT2D eigenvalue weighted by atomic mass is 10.1. The van der Waals surface area contributed by atoms with Crippen LogP contribution in [0.3, 0.4) is 0 Å². The van der Waals surface area contributed by atoms with E-state index in [-0.39, 0.29) is 17.8 Å². The van der Waals surface area contributed by atoms with Crippen LogP contribution in [0.15, 0.2) is 18.2 Å². The summed E-state index contributed by atoms with van der Waals surface area (Å²) in [6.45, 7) is 4.54. The van der Waals surface area contributed by atoms with Gasteiger partial charge in [-0.25, -0.2) is 4.39 Å². The highest BCUT2D eigenvalue weighted by Gasteiger charge is 2.25. The van der Waals surface area contributed by atoms with Crippen molar-refractivity contribution in [2.75, 3.05) is 6.54 Å². The van der Waals surface area contributed by atoms with Crippen molar-refractivity contribution in [2.24, 2.45) is 0 Å². The Morgan fingerprint density at radius 1 is 1.41 bits per heavy atom. The van der Waals surface area contributed by atoms with Crippen LogP contribution in [-0.4, -0.2) is 17.0 Å². The lowest BCUT2D eigenvalue weighted by Gasteiger charge is -2.24. The summed E-state index contributed by atoms with van der Waals surface area (Å²) in [5.41, 5.74) is 2.45. The molecule has 0 unspecified atom stereocenters. The molecule has 1 amide bonds. The van der Waals surface area contributed by atoms with Crippen molar-refractivity contribution >= 4 is 16.8 Å². The molecule has 88 valence electrons. The van der Waals surface area contributed by atoms with Crippen molar-refractivity contribution in [3.05, 3.63) is 35.3 Å². The summed E-state index contributed by atoms with van der Waals surface area (Å²) < 4.78 is 15.3. The van der Waals surface area contributed by atoms with E-state index < -0.39 is 0 Å². The van der Waals surface area contributed by atoms with E-state index >= 15 is 0 Å². The molecule has 3 rings (SSSR count). The normalized spacial score (nSPS) is 19.2. The Labute approximate surface area is 98.2 Å². The first-order valence-corrected chi connectivity index (χ1v) is 5.67. The molecule has 1 aliphatic rings. The van der Waals surface area contributed by atoms with E-state index in [4.69, 9.17) is 0 Å². The Kier molecular flexibility index (Phi) is 2.02. The summed E-state index contributed by atoms with van der Waals surface area (Å²) in [4.78, 5) is 11.8. The molecule has 4 heteroatoms. The van der Waals surface area contributed by atoms with Crippen LogP contribution in [0.25, 0.3) is 10.9 Å². The van der Waals surface area contributed by atoms with Crippen molar-refractivity contribution in [1.29, 1.82) is 0 Å². The van der Waals surface area contributed by atoms with Crippen LogP contribution in [0.4, 0.5) is 4.39 Å². The summed E-state index contributed by atoms with van der Waals surface area (Å²) >= 11 is 0. The zero-order chi connectivity index (χ0) is 12.2. The first-order chi connectivity index (χ1) is 8.08. The van der Waals surface area contributed by atoms with Gasteiger partial charge in [0.2, 0.25) is 0 Å². The number of aryl methyl sites for hydroxylation is 1. The second kappa shape index (κ2) is 3.32. The van der Waals surface area contributed by atoms with Gasteiger partial charge >= 0.3 is 0 Å². The molecule has 2 aromatic rings. The Hall–Kier alpha value is -1.84. The number of hydrogen-bond acceptors (Lipinski definition) is 1. The fourth-order valence-corrected chi connectivity index (χ4v) is 2.59. The van der Waals surface area contributed by atoms with Gasteiger partial charge in [0.25, 0.3) is 5.91 Å². The van der Waals surface area contributed by atoms with E-state index in [9.17, 15) is 9.18 Å². The quantitative estimate of drug-likeness (QED) is 0.743. The van der Waals surface area contributed by atoms with Gasteiger partial charge in [0, 0.05) is 18.0 Å². The van der Waals surface area contributed by atoms with Crippen LogP contribution in [0.5, 0.6) is 0 Å². The molecule has 0 radical (unpaired) electrons. The number of carbonyl (C=O) groups excluding carboxylic acids is 1. The predicted molar refractivity (Wildman–Crippen MR) is 63.7 cm³/mol. The number of nitrogens with one attached hydrogen (secondary N) is 1. The summed E-state index contributed by atoms with van der Waals surface area (Å²) in [7, 11) is 0. The van der Waals surface area contributed by atoms with Crippen molar-refractivity contribution < 1.29 is 9.18 Å². The molecule has 1 aromatic heterocycles. The number of halogens is 1. The van der Waals surface area contributed by atoms with Crippen LogP contribution in [0.2, 0.25) is 0 Å². The molecule has 17 heavy (non-hydrogen) atoms. The maximum atomic E-state index is 13.3. The van der Waals surface area contributed by atoms with Crippen molar-refractivity contribution in [3.8, 4) is 0 Å². The van der Waals surface area contributed by atoms with Gasteiger partial charge in [-0.15, -0.1) is 0 Å². The van der Waals surface area contributed by atoms with E-state index in [0.29, 0.717) is 12.2 Å². The molecule has 2 heterocycles. The number of hydrogen-bond donors (Lipinski definition) is 1. The van der Waals surface area contributed by atoms with Crippen LogP contribution < -0.4 is 5.32 Å². The Morgan fingerprint density at radius 3 is 2.94 bits per heavy atom. The lowest BCUT2D eigenvalue weighted by molar-refractivity contribution is 0.0919. The molecule has 0 saturated carbocycles. The van der Waals surface area contributed by atoms with E-state index in [2.05, 4.69) is 5.32 Å². The topological polar surface area (TPSA) is 34.0 Å². The Balaban J connectivity index is 2.42. The number of aromatic nitrogens is 1. The van der Waals surface area contributed by atoms with Gasteiger partial charge in [-0.3, -0.25) is 4.79 Å². The summed E-state index contributed by atoms with van der Waals surface area (Å²) in [5.74, 6) is -0.342. The highest BCUT2D eigenvalue weighted by Crippen LogP contribution is 2.29. The average Bonchev–Trinajstić information content (AvgIpc) is 2.64. The molecule has 0 aliphatic carbocycles. The Bertz CT molecular complexity index is 630. The average molecular weight is 232 g/mol. The number of rotatable bonds is 0. The van der Waals surface area contributed by atoms with E-state index in [0.717, 1.165) is 16.5 Å². The largest absolute Gasteiger partial charge is 0.349 e. The van der Waals surface area contributed by atoms with Crippen LogP contribution in [0.1, 0.15) is 29.0 Å². The lowest BCUT2D eigenvalue weighted by Crippen LogP contribution is -2.37. The molecule has 0 spiro atoms. The van der Waals surface area contributed by atoms with Crippen LogP contribution in [0, 0.1) is 12.7 Å². The van der Waals surface area contributed by atoms with Gasteiger partial charge in [-0.2, -0.15) is 0 Å². The second-order valence-electron chi connectivity index (χ2n) is 4.62. The zero-order valence-corrected chi connectivity index (χ0v) is 9.75. The number of benzene rings is 1. The first-order valence-electron chi connectivity index (χ1n) is 5.67. The third kappa shape index (κ3) is 1.37. The maximum absolute atomic E-state index is 13.3. The van der Waals surface area contributed by atoms with Crippen LogP contribution in [-0.2, 0) is 0 Å². The minimum absolute atomic E-state index is 0.0842. The highest BCUT2D eigenvalue weighted by molar-refractivity contribution is 6.00. The van der Waals surface area contributed by atoms with Gasteiger partial charge in [0.05, 0.1) is 5.52 Å². The fourth-order valence-electron chi connectivity index (χ4n) is 2.59. The summed E-state index contributed by atoms with van der Waals surface area (Å²) in [5, 5.41) is 3.62. The maximum Gasteiger partial charge on any atom is 0.268 e. The Morgan fingerprint density at radius 2 is 2.18 bits per heavy atom. The van der Waals surface area contributed by atoms with Crippen LogP contribution >= 0.6 is 0 Å². The molecule has 0 bridgehead atoms.